The van der Waals surface area contributed by atoms with Crippen molar-refractivity contribution in [2.24, 2.45) is 0 Å². The highest BCUT2D eigenvalue weighted by Crippen LogP contribution is 2.16. The second kappa shape index (κ2) is 9.71. The molecule has 0 aromatic carbocycles. The van der Waals surface area contributed by atoms with Crippen molar-refractivity contribution < 1.29 is 4.74 Å². The maximum Gasteiger partial charge on any atom is 0.131 e. The van der Waals surface area contributed by atoms with Gasteiger partial charge in [-0.2, -0.15) is 0 Å². The average molecular weight is 294 g/mol. The van der Waals surface area contributed by atoms with Gasteiger partial charge in [0.25, 0.3) is 0 Å². The maximum absolute atomic E-state index is 5.02. The smallest absolute Gasteiger partial charge is 0.131 e. The summed E-state index contributed by atoms with van der Waals surface area (Å²) in [5.74, 6) is 1.08. The average Bonchev–Trinajstić information content (AvgIpc) is 2.43. The molecular weight excluding hydrogens is 264 g/mol. The quantitative estimate of drug-likeness (QED) is 0.663. The second-order valence-corrected chi connectivity index (χ2v) is 5.73. The fourth-order valence-corrected chi connectivity index (χ4v) is 2.26. The topological polar surface area (TPSA) is 40.6 Å². The fourth-order valence-electron chi connectivity index (χ4n) is 2.26. The molecule has 1 N–H and O–H groups in total. The van der Waals surface area contributed by atoms with Gasteiger partial charge >= 0.3 is 0 Å². The van der Waals surface area contributed by atoms with Crippen LogP contribution in [0.4, 0.5) is 5.82 Å². The van der Waals surface area contributed by atoms with Crippen molar-refractivity contribution in [1.82, 2.24) is 15.2 Å². The Morgan fingerprint density at radius 3 is 2.62 bits per heavy atom. The Morgan fingerprint density at radius 1 is 1.24 bits per heavy atom. The monoisotopic (exact) mass is 294 g/mol. The lowest BCUT2D eigenvalue weighted by Gasteiger charge is -2.21. The minimum absolute atomic E-state index is 0.735. The van der Waals surface area contributed by atoms with Crippen molar-refractivity contribution in [3.8, 4) is 0 Å². The van der Waals surface area contributed by atoms with Gasteiger partial charge in [-0.25, -0.2) is 4.98 Å². The Morgan fingerprint density at radius 2 is 2.00 bits per heavy atom. The number of aryl methyl sites for hydroxylation is 1. The van der Waals surface area contributed by atoms with E-state index in [0.717, 1.165) is 45.0 Å². The highest BCUT2D eigenvalue weighted by Gasteiger charge is 2.07. The molecular formula is C16H30N4O. The van der Waals surface area contributed by atoms with Gasteiger partial charge in [0.05, 0.1) is 6.61 Å². The minimum Gasteiger partial charge on any atom is -0.383 e. The lowest BCUT2D eigenvalue weighted by molar-refractivity contribution is 0.199. The summed E-state index contributed by atoms with van der Waals surface area (Å²) in [4.78, 5) is 9.06. The van der Waals surface area contributed by atoms with Gasteiger partial charge in [-0.05, 0) is 51.2 Å². The third-order valence-corrected chi connectivity index (χ3v) is 3.38. The Bertz CT molecular complexity index is 409. The number of nitrogens with one attached hydrogen (secondary N) is 1. The summed E-state index contributed by atoms with van der Waals surface area (Å²) in [6.45, 7) is 6.69. The van der Waals surface area contributed by atoms with Crippen LogP contribution in [0.5, 0.6) is 0 Å². The number of ether oxygens (including phenoxy) is 1. The molecule has 1 aromatic rings. The zero-order valence-corrected chi connectivity index (χ0v) is 14.1. The number of hydrogen-bond donors (Lipinski definition) is 1. The molecule has 0 amide bonds. The summed E-state index contributed by atoms with van der Waals surface area (Å²) in [5.41, 5.74) is 2.45. The maximum atomic E-state index is 5.02. The SMILES string of the molecule is COCCNCc1cnc(N(C)CCCN(C)C)c(C)c1. The zero-order valence-electron chi connectivity index (χ0n) is 14.1. The van der Waals surface area contributed by atoms with Crippen LogP contribution in [0.1, 0.15) is 17.5 Å². The molecule has 0 spiro atoms. The molecule has 120 valence electrons. The Hall–Kier alpha value is -1.17. The molecule has 0 aliphatic heterocycles. The first-order valence-corrected chi connectivity index (χ1v) is 7.55. The van der Waals surface area contributed by atoms with Crippen LogP contribution in [0, 0.1) is 6.92 Å². The molecule has 0 saturated heterocycles. The molecule has 5 heteroatoms. The largest absolute Gasteiger partial charge is 0.383 e. The molecule has 0 unspecified atom stereocenters. The number of nitrogens with zero attached hydrogens (tertiary/aromatic N) is 3. The molecule has 0 bridgehead atoms. The summed E-state index contributed by atoms with van der Waals surface area (Å²) < 4.78 is 5.02. The molecule has 0 radical (unpaired) electrons. The van der Waals surface area contributed by atoms with E-state index in [9.17, 15) is 0 Å². The summed E-state index contributed by atoms with van der Waals surface area (Å²) in [6, 6.07) is 2.21. The normalized spacial score (nSPS) is 11.1. The molecule has 0 saturated carbocycles. The lowest BCUT2D eigenvalue weighted by atomic mass is 10.2. The number of anilines is 1. The van der Waals surface area contributed by atoms with Crippen molar-refractivity contribution in [2.45, 2.75) is 19.9 Å². The third-order valence-electron chi connectivity index (χ3n) is 3.38. The molecule has 5 nitrogen and oxygen atoms in total. The first-order valence-electron chi connectivity index (χ1n) is 7.55. The van der Waals surface area contributed by atoms with E-state index in [4.69, 9.17) is 4.74 Å². The third kappa shape index (κ3) is 6.89. The molecule has 0 aliphatic rings. The molecule has 0 aliphatic carbocycles. The Labute approximate surface area is 129 Å². The van der Waals surface area contributed by atoms with E-state index in [-0.39, 0.29) is 0 Å². The van der Waals surface area contributed by atoms with E-state index in [2.05, 4.69) is 54.2 Å². The number of aromatic nitrogens is 1. The summed E-state index contributed by atoms with van der Waals surface area (Å²) in [7, 11) is 8.04. The summed E-state index contributed by atoms with van der Waals surface area (Å²) in [6.07, 6.45) is 3.11. The molecule has 1 aromatic heterocycles. The van der Waals surface area contributed by atoms with Gasteiger partial charge in [0.1, 0.15) is 5.82 Å². The van der Waals surface area contributed by atoms with Crippen LogP contribution in [0.25, 0.3) is 0 Å². The van der Waals surface area contributed by atoms with Gasteiger partial charge in [-0.1, -0.05) is 0 Å². The first-order chi connectivity index (χ1) is 10.0. The van der Waals surface area contributed by atoms with Crippen molar-refractivity contribution in [2.75, 3.05) is 59.4 Å². The molecule has 0 atom stereocenters. The fraction of sp³-hybridized carbons (Fsp3) is 0.688. The highest BCUT2D eigenvalue weighted by molar-refractivity contribution is 5.46. The van der Waals surface area contributed by atoms with Crippen LogP contribution in [0.15, 0.2) is 12.3 Å². The van der Waals surface area contributed by atoms with E-state index in [1.807, 2.05) is 6.20 Å². The number of rotatable bonds is 10. The van der Waals surface area contributed by atoms with Crippen LogP contribution < -0.4 is 10.2 Å². The van der Waals surface area contributed by atoms with Crippen molar-refractivity contribution in [1.29, 1.82) is 0 Å². The van der Waals surface area contributed by atoms with Crippen LogP contribution in [0.3, 0.4) is 0 Å². The lowest BCUT2D eigenvalue weighted by Crippen LogP contribution is -2.25. The van der Waals surface area contributed by atoms with Crippen LogP contribution in [-0.2, 0) is 11.3 Å². The van der Waals surface area contributed by atoms with E-state index in [1.54, 1.807) is 7.11 Å². The van der Waals surface area contributed by atoms with E-state index in [1.165, 1.54) is 11.1 Å². The second-order valence-electron chi connectivity index (χ2n) is 5.73. The van der Waals surface area contributed by atoms with Crippen molar-refractivity contribution >= 4 is 5.82 Å². The predicted octanol–water partition coefficient (Wildman–Crippen LogP) is 1.51. The highest BCUT2D eigenvalue weighted by atomic mass is 16.5. The van der Waals surface area contributed by atoms with Gasteiger partial charge in [0.2, 0.25) is 0 Å². The summed E-state index contributed by atoms with van der Waals surface area (Å²) in [5, 5.41) is 3.34. The zero-order chi connectivity index (χ0) is 15.7. The Balaban J connectivity index is 2.48. The number of methoxy groups -OCH3 is 1. The summed E-state index contributed by atoms with van der Waals surface area (Å²) >= 11 is 0. The van der Waals surface area contributed by atoms with Gasteiger partial charge in [0.15, 0.2) is 0 Å². The van der Waals surface area contributed by atoms with Crippen LogP contribution in [-0.4, -0.2) is 64.4 Å². The van der Waals surface area contributed by atoms with E-state index in [0.29, 0.717) is 0 Å². The van der Waals surface area contributed by atoms with Crippen molar-refractivity contribution in [3.63, 3.8) is 0 Å². The Kier molecular flexibility index (Phi) is 8.27. The standard InChI is InChI=1S/C16H30N4O/c1-14-11-15(12-17-7-10-21-5)13-18-16(14)20(4)9-6-8-19(2)3/h11,13,17H,6-10,12H2,1-5H3. The van der Waals surface area contributed by atoms with E-state index < -0.39 is 0 Å². The molecule has 21 heavy (non-hydrogen) atoms. The van der Waals surface area contributed by atoms with Gasteiger partial charge < -0.3 is 19.9 Å². The number of pyridine rings is 1. The van der Waals surface area contributed by atoms with Gasteiger partial charge in [-0.3, -0.25) is 0 Å². The predicted molar refractivity (Wildman–Crippen MR) is 89.0 cm³/mol. The van der Waals surface area contributed by atoms with Crippen molar-refractivity contribution in [3.05, 3.63) is 23.4 Å². The first kappa shape index (κ1) is 17.9. The van der Waals surface area contributed by atoms with Crippen LogP contribution in [0.2, 0.25) is 0 Å². The minimum atomic E-state index is 0.735. The molecule has 1 heterocycles. The van der Waals surface area contributed by atoms with Gasteiger partial charge in [-0.15, -0.1) is 0 Å². The molecule has 0 fully saturated rings. The molecule has 1 rings (SSSR count). The van der Waals surface area contributed by atoms with E-state index >= 15 is 0 Å². The van der Waals surface area contributed by atoms with Crippen LogP contribution >= 0.6 is 0 Å². The van der Waals surface area contributed by atoms with Gasteiger partial charge in [0, 0.05) is 40.0 Å². The number of hydrogen-bond acceptors (Lipinski definition) is 5.